The Bertz CT molecular complexity index is 2790. The molecule has 2 aliphatic heterocycles. The number of piperidine rings is 1. The molecule has 16 nitrogen and oxygen atoms in total. The molecule has 0 aliphatic carbocycles. The van der Waals surface area contributed by atoms with Crippen LogP contribution in [-0.4, -0.2) is 112 Å². The number of nitrogens with zero attached hydrogens (tertiary/aromatic N) is 5. The molecule has 0 spiro atoms. The van der Waals surface area contributed by atoms with Crippen LogP contribution in [0.3, 0.4) is 0 Å². The molecule has 0 radical (unpaired) electrons. The highest BCUT2D eigenvalue weighted by Gasteiger charge is 2.45. The number of aryl methyl sites for hydroxylation is 2. The number of benzene rings is 3. The molecule has 7 rings (SSSR count). The number of amides is 4. The maximum Gasteiger partial charge on any atom is 0.416 e. The lowest BCUT2D eigenvalue weighted by Crippen LogP contribution is -2.58. The number of aliphatic hydroxyl groups is 1. The third-order valence-electron chi connectivity index (χ3n) is 13.6. The quantitative estimate of drug-likeness (QED) is 0.0442. The summed E-state index contributed by atoms with van der Waals surface area (Å²) in [5.74, 6) is 0.172. The van der Waals surface area contributed by atoms with Crippen LogP contribution in [0.1, 0.15) is 118 Å². The summed E-state index contributed by atoms with van der Waals surface area (Å²) in [6.45, 7) is 13.8. The van der Waals surface area contributed by atoms with Gasteiger partial charge in [0.15, 0.2) is 0 Å². The average Bonchev–Trinajstić information content (AvgIpc) is 3.96. The average molecular weight is 1030 g/mol. The van der Waals surface area contributed by atoms with Gasteiger partial charge in [-0.3, -0.25) is 19.2 Å². The molecular weight excluding hydrogens is 964 g/mol. The van der Waals surface area contributed by atoms with E-state index in [2.05, 4.69) is 30.9 Å². The van der Waals surface area contributed by atoms with Gasteiger partial charge < -0.3 is 46.1 Å². The number of rotatable bonds is 17. The summed E-state index contributed by atoms with van der Waals surface area (Å²) in [5.41, 5.74) is 10.8. The van der Waals surface area contributed by atoms with Gasteiger partial charge in [0.2, 0.25) is 23.6 Å². The van der Waals surface area contributed by atoms with E-state index in [1.807, 2.05) is 71.0 Å². The standard InChI is InChI=1S/C53H66F3N9O7S/c1-29(33-9-11-35(12-10-33)47-31(3)58-28-73-47)60-50(69)43-24-39(66)27-65(43)51(70)48(52(5,6)7)63-45(67)15-19-72-20-16-46(68)64-17-13-34(14-18-64)40-25-41-42(26-44(40)71-8)61-32(4)62-49(41)59-30(2)36-21-37(53(54,55)56)23-38(57)22-36/h9-12,21-23,25-26,28-30,34,39,43,48,66H,13-20,24,27,57H2,1-8H3,(H,60,69)(H,63,67)(H,59,61,62). The highest BCUT2D eigenvalue weighted by atomic mass is 32.1. The molecule has 2 fully saturated rings. The summed E-state index contributed by atoms with van der Waals surface area (Å²) in [7, 11) is 1.58. The first-order valence-electron chi connectivity index (χ1n) is 24.5. The van der Waals surface area contributed by atoms with Crippen molar-refractivity contribution in [3.8, 4) is 16.2 Å². The predicted octanol–water partition coefficient (Wildman–Crippen LogP) is 8.03. The number of carbonyl (C=O) groups is 4. The van der Waals surface area contributed by atoms with Gasteiger partial charge in [-0.25, -0.2) is 15.0 Å². The van der Waals surface area contributed by atoms with Crippen LogP contribution >= 0.6 is 11.3 Å². The fourth-order valence-corrected chi connectivity index (χ4v) is 10.4. The van der Waals surface area contributed by atoms with Crippen LogP contribution in [0.2, 0.25) is 0 Å². The molecule has 0 bridgehead atoms. The number of methoxy groups -OCH3 is 1. The number of alkyl halides is 3. The number of nitrogens with one attached hydrogen (secondary N) is 3. The molecule has 2 saturated heterocycles. The Hall–Kier alpha value is -6.38. The zero-order valence-electron chi connectivity index (χ0n) is 42.6. The summed E-state index contributed by atoms with van der Waals surface area (Å²) in [6.07, 6.45) is -4.09. The summed E-state index contributed by atoms with van der Waals surface area (Å²) in [5, 5.41) is 20.5. The molecule has 2 aromatic heterocycles. The lowest BCUT2D eigenvalue weighted by molar-refractivity contribution is -0.144. The molecule has 73 heavy (non-hydrogen) atoms. The Labute approximate surface area is 427 Å². The van der Waals surface area contributed by atoms with Crippen molar-refractivity contribution < 1.29 is 46.9 Å². The second kappa shape index (κ2) is 22.8. The number of halogens is 3. The van der Waals surface area contributed by atoms with Crippen molar-refractivity contribution in [3.63, 3.8) is 0 Å². The van der Waals surface area contributed by atoms with E-state index >= 15 is 0 Å². The number of β-amino-alcohol motifs (C(OH)–C–C–N with tert-alkyl or cyclic N) is 1. The van der Waals surface area contributed by atoms with Gasteiger partial charge in [-0.2, -0.15) is 13.2 Å². The van der Waals surface area contributed by atoms with Crippen LogP contribution in [0.5, 0.6) is 5.75 Å². The van der Waals surface area contributed by atoms with E-state index < -0.39 is 59.1 Å². The van der Waals surface area contributed by atoms with Gasteiger partial charge in [-0.15, -0.1) is 11.3 Å². The lowest BCUT2D eigenvalue weighted by Gasteiger charge is -2.35. The molecule has 0 saturated carbocycles. The zero-order chi connectivity index (χ0) is 52.9. The van der Waals surface area contributed by atoms with Gasteiger partial charge in [-0.05, 0) is 98.4 Å². The third kappa shape index (κ3) is 13.2. The molecule has 4 heterocycles. The minimum atomic E-state index is -4.56. The third-order valence-corrected chi connectivity index (χ3v) is 14.6. The number of likely N-dealkylation sites (tertiary alicyclic amines) is 2. The van der Waals surface area contributed by atoms with Crippen molar-refractivity contribution in [2.24, 2.45) is 5.41 Å². The minimum Gasteiger partial charge on any atom is -0.496 e. The van der Waals surface area contributed by atoms with Crippen molar-refractivity contribution in [2.45, 2.75) is 123 Å². The van der Waals surface area contributed by atoms with E-state index in [0.29, 0.717) is 59.8 Å². The number of hydrogen-bond donors (Lipinski definition) is 5. The van der Waals surface area contributed by atoms with Gasteiger partial charge in [0.05, 0.1) is 72.1 Å². The molecular formula is C53H66F3N9O7S. The van der Waals surface area contributed by atoms with Crippen LogP contribution in [0.25, 0.3) is 21.3 Å². The van der Waals surface area contributed by atoms with Crippen LogP contribution in [0.15, 0.2) is 60.1 Å². The van der Waals surface area contributed by atoms with E-state index in [1.54, 1.807) is 42.7 Å². The minimum absolute atomic E-state index is 0.0000886. The molecule has 5 unspecified atom stereocenters. The van der Waals surface area contributed by atoms with Crippen LogP contribution in [0, 0.1) is 19.3 Å². The molecule has 2 aliphatic rings. The van der Waals surface area contributed by atoms with Gasteiger partial charge >= 0.3 is 6.18 Å². The van der Waals surface area contributed by atoms with Crippen LogP contribution in [-0.2, 0) is 30.1 Å². The zero-order valence-corrected chi connectivity index (χ0v) is 43.4. The molecule has 4 amide bonds. The number of carbonyl (C=O) groups excluding carboxylic acids is 4. The Kier molecular flexibility index (Phi) is 17.0. The molecule has 5 aromatic rings. The van der Waals surface area contributed by atoms with E-state index in [1.165, 1.54) is 11.0 Å². The number of fused-ring (bicyclic) bond motifs is 1. The number of aliphatic hydroxyl groups excluding tert-OH is 1. The lowest BCUT2D eigenvalue weighted by atomic mass is 9.85. The fraction of sp³-hybridized carbons (Fsp3) is 0.491. The largest absolute Gasteiger partial charge is 0.496 e. The first-order valence-corrected chi connectivity index (χ1v) is 25.4. The molecule has 3 aromatic carbocycles. The second-order valence-electron chi connectivity index (χ2n) is 20.1. The normalized spacial score (nSPS) is 17.8. The topological polar surface area (TPSA) is 214 Å². The maximum absolute atomic E-state index is 14.2. The highest BCUT2D eigenvalue weighted by Crippen LogP contribution is 2.40. The molecule has 20 heteroatoms. The van der Waals surface area contributed by atoms with Crippen molar-refractivity contribution in [1.82, 2.24) is 35.4 Å². The highest BCUT2D eigenvalue weighted by molar-refractivity contribution is 7.13. The Balaban J connectivity index is 0.883. The summed E-state index contributed by atoms with van der Waals surface area (Å²) in [4.78, 5) is 72.3. The summed E-state index contributed by atoms with van der Waals surface area (Å²) >= 11 is 1.56. The summed E-state index contributed by atoms with van der Waals surface area (Å²) in [6, 6.07) is 12.2. The van der Waals surface area contributed by atoms with Gasteiger partial charge in [0.1, 0.15) is 29.5 Å². The number of ether oxygens (including phenoxy) is 2. The predicted molar refractivity (Wildman–Crippen MR) is 274 cm³/mol. The van der Waals surface area contributed by atoms with E-state index in [-0.39, 0.29) is 62.6 Å². The van der Waals surface area contributed by atoms with Gasteiger partial charge in [0, 0.05) is 49.6 Å². The van der Waals surface area contributed by atoms with Crippen molar-refractivity contribution in [2.75, 3.05) is 51.0 Å². The van der Waals surface area contributed by atoms with Crippen molar-refractivity contribution in [3.05, 3.63) is 93.9 Å². The van der Waals surface area contributed by atoms with Crippen LogP contribution < -0.4 is 26.4 Å². The second-order valence-corrected chi connectivity index (χ2v) is 21.0. The fourth-order valence-electron chi connectivity index (χ4n) is 9.55. The molecule has 6 N–H and O–H groups in total. The van der Waals surface area contributed by atoms with Gasteiger partial charge in [-0.1, -0.05) is 45.0 Å². The van der Waals surface area contributed by atoms with E-state index in [9.17, 15) is 37.5 Å². The maximum atomic E-state index is 14.2. The SMILES string of the molecule is COc1cc2nc(C)nc(NC(C)c3cc(N)cc(C(F)(F)F)c3)c2cc1C1CCN(C(=O)CCOCCC(=O)NC(C(=O)N2CC(O)CC2C(=O)NC(C)c2ccc(-c3scnc3C)cc2)C(C)(C)C)CC1. The van der Waals surface area contributed by atoms with Crippen molar-refractivity contribution >= 4 is 57.4 Å². The van der Waals surface area contributed by atoms with E-state index in [4.69, 9.17) is 15.2 Å². The monoisotopic (exact) mass is 1030 g/mol. The van der Waals surface area contributed by atoms with Gasteiger partial charge in [0.25, 0.3) is 0 Å². The number of thiazole rings is 1. The van der Waals surface area contributed by atoms with E-state index in [0.717, 1.165) is 39.4 Å². The number of nitrogens with two attached hydrogens (primary N) is 1. The number of anilines is 2. The Morgan fingerprint density at radius 3 is 2.26 bits per heavy atom. The molecule has 392 valence electrons. The summed E-state index contributed by atoms with van der Waals surface area (Å²) < 4.78 is 52.4. The first-order chi connectivity index (χ1) is 34.5. The number of hydrogen-bond acceptors (Lipinski definition) is 13. The number of nitrogen functional groups attached to an aromatic ring is 1. The smallest absolute Gasteiger partial charge is 0.416 e. The Morgan fingerprint density at radius 2 is 1.62 bits per heavy atom. The molecule has 5 atom stereocenters. The number of aromatic nitrogens is 3. The van der Waals surface area contributed by atoms with Crippen LogP contribution in [0.4, 0.5) is 24.7 Å². The Morgan fingerprint density at radius 1 is 0.918 bits per heavy atom. The van der Waals surface area contributed by atoms with Crippen molar-refractivity contribution in [1.29, 1.82) is 0 Å². The first kappa shape index (κ1) is 54.4.